The van der Waals surface area contributed by atoms with Gasteiger partial charge in [-0.05, 0) is 29.9 Å². The third kappa shape index (κ3) is 5.14. The molecule has 1 N–H and O–H groups in total. The first-order valence-corrected chi connectivity index (χ1v) is 9.17. The number of ether oxygens (including phenoxy) is 1. The molecule has 6 nitrogen and oxygen atoms in total. The Morgan fingerprint density at radius 3 is 2.62 bits per heavy atom. The Balaban J connectivity index is 2.12. The van der Waals surface area contributed by atoms with Crippen LogP contribution in [0.4, 0.5) is 4.79 Å². The van der Waals surface area contributed by atoms with Crippen LogP contribution < -0.4 is 5.32 Å². The smallest absolute Gasteiger partial charge is 0.419 e. The van der Waals surface area contributed by atoms with Crippen LogP contribution in [0.5, 0.6) is 0 Å². The van der Waals surface area contributed by atoms with E-state index in [2.05, 4.69) is 49.9 Å². The van der Waals surface area contributed by atoms with Gasteiger partial charge in [0, 0.05) is 24.6 Å². The van der Waals surface area contributed by atoms with E-state index in [-0.39, 0.29) is 24.1 Å². The van der Waals surface area contributed by atoms with Crippen molar-refractivity contribution in [3.05, 3.63) is 48.8 Å². The monoisotopic (exact) mass is 358 g/mol. The summed E-state index contributed by atoms with van der Waals surface area (Å²) in [7, 11) is 0. The lowest BCUT2D eigenvalue weighted by Crippen LogP contribution is -2.46. The molecule has 2 aromatic rings. The average molecular weight is 358 g/mol. The van der Waals surface area contributed by atoms with Crippen LogP contribution >= 0.6 is 0 Å². The number of nitrogens with zero attached hydrogens (tertiary/aromatic N) is 3. The molecule has 0 bridgehead atoms. The summed E-state index contributed by atoms with van der Waals surface area (Å²) in [5.41, 5.74) is 1.02. The predicted octanol–water partition coefficient (Wildman–Crippen LogP) is 4.05. The van der Waals surface area contributed by atoms with Crippen LogP contribution in [0, 0.1) is 11.3 Å². The van der Waals surface area contributed by atoms with Crippen molar-refractivity contribution in [2.24, 2.45) is 11.3 Å². The predicted molar refractivity (Wildman–Crippen MR) is 102 cm³/mol. The normalized spacial score (nSPS) is 14.2. The molecule has 0 aromatic carbocycles. The van der Waals surface area contributed by atoms with E-state index in [1.165, 1.54) is 10.9 Å². The molecule has 2 aromatic heterocycles. The van der Waals surface area contributed by atoms with Gasteiger partial charge in [-0.2, -0.15) is 0 Å². The summed E-state index contributed by atoms with van der Waals surface area (Å²) in [5.74, 6) is 0.296. The molecule has 0 unspecified atom stereocenters. The molecule has 2 heterocycles. The summed E-state index contributed by atoms with van der Waals surface area (Å²) in [5, 5.41) is 3.70. The fourth-order valence-electron chi connectivity index (χ4n) is 2.71. The van der Waals surface area contributed by atoms with Gasteiger partial charge < -0.3 is 10.1 Å². The molecule has 0 fully saturated rings. The van der Waals surface area contributed by atoms with Crippen LogP contribution in [-0.4, -0.2) is 33.3 Å². The van der Waals surface area contributed by atoms with Crippen LogP contribution in [-0.2, 0) is 4.74 Å². The zero-order chi connectivity index (χ0) is 19.2. The quantitative estimate of drug-likeness (QED) is 0.771. The molecule has 0 saturated heterocycles. The Hall–Kier alpha value is -2.21. The molecule has 0 radical (unpaired) electrons. The fraction of sp³-hybridized carbons (Fsp3) is 0.550. The number of hydrogen-bond acceptors (Lipinski definition) is 5. The van der Waals surface area contributed by atoms with Gasteiger partial charge in [0.05, 0.1) is 11.7 Å². The van der Waals surface area contributed by atoms with Gasteiger partial charge in [-0.3, -0.25) is 4.98 Å². The topological polar surface area (TPSA) is 69.0 Å². The van der Waals surface area contributed by atoms with Crippen molar-refractivity contribution in [1.82, 2.24) is 19.9 Å². The zero-order valence-corrected chi connectivity index (χ0v) is 16.3. The van der Waals surface area contributed by atoms with E-state index in [4.69, 9.17) is 4.74 Å². The minimum absolute atomic E-state index is 0.00977. The number of aromatic nitrogens is 3. The summed E-state index contributed by atoms with van der Waals surface area (Å²) in [6, 6.07) is 6.05. The Morgan fingerprint density at radius 2 is 2.08 bits per heavy atom. The number of pyridine rings is 1. The van der Waals surface area contributed by atoms with E-state index in [0.29, 0.717) is 5.92 Å². The number of carbonyl (C=O) groups excluding carboxylic acids is 1. The van der Waals surface area contributed by atoms with Crippen molar-refractivity contribution < 1.29 is 9.53 Å². The van der Waals surface area contributed by atoms with Crippen LogP contribution in [0.3, 0.4) is 0 Å². The van der Waals surface area contributed by atoms with Crippen molar-refractivity contribution in [2.45, 2.75) is 53.1 Å². The van der Waals surface area contributed by atoms with Crippen molar-refractivity contribution in [2.75, 3.05) is 6.61 Å². The van der Waals surface area contributed by atoms with Crippen molar-refractivity contribution in [3.8, 4) is 0 Å². The molecule has 0 aliphatic heterocycles. The molecule has 0 saturated carbocycles. The first kappa shape index (κ1) is 20.1. The van der Waals surface area contributed by atoms with Crippen molar-refractivity contribution >= 4 is 6.09 Å². The van der Waals surface area contributed by atoms with Gasteiger partial charge in [-0.25, -0.2) is 14.3 Å². The fourth-order valence-corrected chi connectivity index (χ4v) is 2.71. The van der Waals surface area contributed by atoms with Gasteiger partial charge in [-0.1, -0.05) is 40.7 Å². The molecule has 0 spiro atoms. The average Bonchev–Trinajstić information content (AvgIpc) is 3.16. The highest BCUT2D eigenvalue weighted by molar-refractivity contribution is 5.69. The lowest BCUT2D eigenvalue weighted by atomic mass is 9.79. The largest absolute Gasteiger partial charge is 0.447 e. The van der Waals surface area contributed by atoms with Gasteiger partial charge in [0.15, 0.2) is 0 Å². The second-order valence-corrected chi connectivity index (χ2v) is 7.59. The molecule has 2 atom stereocenters. The second kappa shape index (κ2) is 8.94. The first-order chi connectivity index (χ1) is 12.3. The summed E-state index contributed by atoms with van der Waals surface area (Å²) < 4.78 is 6.83. The maximum Gasteiger partial charge on any atom is 0.419 e. The van der Waals surface area contributed by atoms with Crippen molar-refractivity contribution in [1.29, 1.82) is 0 Å². The van der Waals surface area contributed by atoms with E-state index in [0.717, 1.165) is 12.1 Å². The highest BCUT2D eigenvalue weighted by atomic mass is 16.5. The molecular formula is C20H30N4O2. The number of hydrogen-bond donors (Lipinski definition) is 1. The number of nitrogens with one attached hydrogen (secondary N) is 1. The number of carbonyl (C=O) groups is 1. The van der Waals surface area contributed by atoms with Gasteiger partial charge in [0.1, 0.15) is 12.9 Å². The summed E-state index contributed by atoms with van der Waals surface area (Å²) in [4.78, 5) is 20.5. The maximum absolute atomic E-state index is 12.1. The Bertz CT molecular complexity index is 668. The molecule has 6 heteroatoms. The molecule has 26 heavy (non-hydrogen) atoms. The zero-order valence-electron chi connectivity index (χ0n) is 16.3. The standard InChI is InChI=1S/C20H30N4O2/c1-6-20(4,5)18(16-9-7-8-10-22-16)23-17(15(2)3)13-26-19(25)24-12-11-21-14-24/h7-12,14-15,17-18,23H,6,13H2,1-5H3/t17-,18-/m1/s1. The minimum Gasteiger partial charge on any atom is -0.447 e. The van der Waals surface area contributed by atoms with Gasteiger partial charge in [0.2, 0.25) is 0 Å². The van der Waals surface area contributed by atoms with E-state index >= 15 is 0 Å². The number of imidazole rings is 1. The lowest BCUT2D eigenvalue weighted by molar-refractivity contribution is 0.109. The maximum atomic E-state index is 12.1. The lowest BCUT2D eigenvalue weighted by Gasteiger charge is -2.37. The van der Waals surface area contributed by atoms with Crippen LogP contribution in [0.2, 0.25) is 0 Å². The SMILES string of the molecule is CCC(C)(C)[C@H](N[C@H](COC(=O)n1ccnc1)C(C)C)c1ccccn1. The number of rotatable bonds is 8. The third-order valence-corrected chi connectivity index (χ3v) is 4.96. The molecule has 142 valence electrons. The van der Waals surface area contributed by atoms with E-state index < -0.39 is 6.09 Å². The van der Waals surface area contributed by atoms with Crippen molar-refractivity contribution in [3.63, 3.8) is 0 Å². The molecule has 0 aliphatic rings. The van der Waals surface area contributed by atoms with E-state index in [1.807, 2.05) is 24.4 Å². The summed E-state index contributed by atoms with van der Waals surface area (Å²) in [6.45, 7) is 11.2. The Morgan fingerprint density at radius 1 is 1.31 bits per heavy atom. The third-order valence-electron chi connectivity index (χ3n) is 4.96. The molecular weight excluding hydrogens is 328 g/mol. The van der Waals surface area contributed by atoms with Gasteiger partial charge >= 0.3 is 6.09 Å². The summed E-state index contributed by atoms with van der Waals surface area (Å²) in [6.07, 6.45) is 6.98. The second-order valence-electron chi connectivity index (χ2n) is 7.59. The highest BCUT2D eigenvalue weighted by Crippen LogP contribution is 2.36. The molecule has 0 amide bonds. The minimum atomic E-state index is -0.418. The van der Waals surface area contributed by atoms with E-state index in [1.54, 1.807) is 12.4 Å². The molecule has 2 rings (SSSR count). The summed E-state index contributed by atoms with van der Waals surface area (Å²) >= 11 is 0. The first-order valence-electron chi connectivity index (χ1n) is 9.17. The van der Waals surface area contributed by atoms with Crippen LogP contribution in [0.1, 0.15) is 52.8 Å². The van der Waals surface area contributed by atoms with E-state index in [9.17, 15) is 4.79 Å². The van der Waals surface area contributed by atoms with Crippen LogP contribution in [0.15, 0.2) is 43.1 Å². The Labute approximate surface area is 156 Å². The Kier molecular flexibility index (Phi) is 6.91. The van der Waals surface area contributed by atoms with Crippen LogP contribution in [0.25, 0.3) is 0 Å². The molecule has 0 aliphatic carbocycles. The van der Waals surface area contributed by atoms with Gasteiger partial charge in [0.25, 0.3) is 0 Å². The van der Waals surface area contributed by atoms with Gasteiger partial charge in [-0.15, -0.1) is 0 Å². The highest BCUT2D eigenvalue weighted by Gasteiger charge is 2.33.